The number of hydrogen-bond donors (Lipinski definition) is 0. The van der Waals surface area contributed by atoms with Crippen molar-refractivity contribution < 1.29 is 4.39 Å². The quantitative estimate of drug-likeness (QED) is 0.582. The molecule has 1 aliphatic rings. The van der Waals surface area contributed by atoms with Crippen LogP contribution in [0.15, 0.2) is 30.9 Å². The van der Waals surface area contributed by atoms with E-state index in [-0.39, 0.29) is 5.82 Å². The van der Waals surface area contributed by atoms with E-state index in [1.54, 1.807) is 18.2 Å². The Bertz CT molecular complexity index is 578. The van der Waals surface area contributed by atoms with Crippen molar-refractivity contribution in [3.8, 4) is 17.9 Å². The summed E-state index contributed by atoms with van der Waals surface area (Å²) in [5.41, 5.74) is 1.36. The van der Waals surface area contributed by atoms with E-state index < -0.39 is 0 Å². The van der Waals surface area contributed by atoms with E-state index >= 15 is 0 Å². The van der Waals surface area contributed by atoms with Gasteiger partial charge in [-0.05, 0) is 67.6 Å². The number of benzene rings is 1. The van der Waals surface area contributed by atoms with Crippen LogP contribution in [0.3, 0.4) is 0 Å². The van der Waals surface area contributed by atoms with E-state index in [0.717, 1.165) is 30.7 Å². The standard InChI is InChI=1S/C18H18FN/c1-2-4-14-6-8-15(9-7-14)17-11-10-16(5-3-12-20)18(19)13-17/h2,10-11,13-15H,1,4,6-9H2. The average molecular weight is 267 g/mol. The molecule has 1 fully saturated rings. The molecule has 0 N–H and O–H groups in total. The van der Waals surface area contributed by atoms with Crippen LogP contribution in [0.1, 0.15) is 49.1 Å². The molecule has 0 aliphatic heterocycles. The molecule has 2 heteroatoms. The molecule has 0 aromatic heterocycles. The third-order valence-electron chi connectivity index (χ3n) is 4.06. The molecule has 1 aliphatic carbocycles. The maximum Gasteiger partial charge on any atom is 0.152 e. The van der Waals surface area contributed by atoms with E-state index in [1.807, 2.05) is 12.1 Å². The Labute approximate surface area is 120 Å². The molecule has 0 bridgehead atoms. The number of hydrogen-bond acceptors (Lipinski definition) is 1. The smallest absolute Gasteiger partial charge is 0.152 e. The van der Waals surface area contributed by atoms with Crippen LogP contribution in [-0.2, 0) is 0 Å². The molecule has 102 valence electrons. The zero-order valence-corrected chi connectivity index (χ0v) is 11.5. The lowest BCUT2D eigenvalue weighted by Crippen LogP contribution is -2.13. The molecule has 1 nitrogen and oxygen atoms in total. The highest BCUT2D eigenvalue weighted by atomic mass is 19.1. The van der Waals surface area contributed by atoms with Gasteiger partial charge in [-0.25, -0.2) is 4.39 Å². The Balaban J connectivity index is 2.06. The maximum atomic E-state index is 13.9. The molecule has 1 aromatic rings. The van der Waals surface area contributed by atoms with E-state index in [9.17, 15) is 4.39 Å². The van der Waals surface area contributed by atoms with Crippen LogP contribution in [0.4, 0.5) is 4.39 Å². The first-order valence-corrected chi connectivity index (χ1v) is 7.05. The molecule has 1 aromatic carbocycles. The fraction of sp³-hybridized carbons (Fsp3) is 0.389. The SMILES string of the molecule is C=CCC1CCC(c2ccc(C#CC#N)c(F)c2)CC1. The third-order valence-corrected chi connectivity index (χ3v) is 4.06. The van der Waals surface area contributed by atoms with Gasteiger partial charge < -0.3 is 0 Å². The summed E-state index contributed by atoms with van der Waals surface area (Å²) >= 11 is 0. The first kappa shape index (κ1) is 14.4. The van der Waals surface area contributed by atoms with E-state index in [1.165, 1.54) is 12.8 Å². The first-order valence-electron chi connectivity index (χ1n) is 7.05. The molecule has 2 rings (SSSR count). The minimum absolute atomic E-state index is 0.302. The van der Waals surface area contributed by atoms with Gasteiger partial charge in [0.15, 0.2) is 6.07 Å². The van der Waals surface area contributed by atoms with Gasteiger partial charge in [0.05, 0.1) is 5.56 Å². The molecule has 0 unspecified atom stereocenters. The molecule has 0 radical (unpaired) electrons. The predicted molar refractivity (Wildman–Crippen MR) is 78.4 cm³/mol. The van der Waals surface area contributed by atoms with Gasteiger partial charge in [0.1, 0.15) is 5.82 Å². The summed E-state index contributed by atoms with van der Waals surface area (Å²) in [6.45, 7) is 3.79. The monoisotopic (exact) mass is 267 g/mol. The number of nitrogens with zero attached hydrogens (tertiary/aromatic N) is 1. The van der Waals surface area contributed by atoms with E-state index in [4.69, 9.17) is 5.26 Å². The lowest BCUT2D eigenvalue weighted by molar-refractivity contribution is 0.328. The van der Waals surface area contributed by atoms with Gasteiger partial charge in [-0.2, -0.15) is 5.26 Å². The molecule has 1 saturated carbocycles. The van der Waals surface area contributed by atoms with Crippen molar-refractivity contribution in [1.29, 1.82) is 5.26 Å². The fourth-order valence-electron chi connectivity index (χ4n) is 2.95. The Morgan fingerprint density at radius 2 is 2.05 bits per heavy atom. The van der Waals surface area contributed by atoms with Gasteiger partial charge in [0, 0.05) is 5.92 Å². The molecule has 0 atom stereocenters. The van der Waals surface area contributed by atoms with Gasteiger partial charge in [-0.1, -0.05) is 12.1 Å². The van der Waals surface area contributed by atoms with Gasteiger partial charge in [-0.15, -0.1) is 6.58 Å². The van der Waals surface area contributed by atoms with Crippen molar-refractivity contribution in [2.75, 3.05) is 0 Å². The summed E-state index contributed by atoms with van der Waals surface area (Å²) in [5.74, 6) is 5.62. The lowest BCUT2D eigenvalue weighted by atomic mass is 9.77. The van der Waals surface area contributed by atoms with E-state index in [0.29, 0.717) is 11.5 Å². The van der Waals surface area contributed by atoms with Crippen LogP contribution < -0.4 is 0 Å². The maximum absolute atomic E-state index is 13.9. The first-order chi connectivity index (χ1) is 9.74. The van der Waals surface area contributed by atoms with Crippen molar-refractivity contribution in [1.82, 2.24) is 0 Å². The number of rotatable bonds is 3. The van der Waals surface area contributed by atoms with Crippen molar-refractivity contribution in [2.45, 2.75) is 38.0 Å². The van der Waals surface area contributed by atoms with Gasteiger partial charge in [-0.3, -0.25) is 0 Å². The third kappa shape index (κ3) is 3.49. The average Bonchev–Trinajstić information content (AvgIpc) is 2.47. The van der Waals surface area contributed by atoms with Crippen LogP contribution in [0.2, 0.25) is 0 Å². The summed E-state index contributed by atoms with van der Waals surface area (Å²) in [5, 5.41) is 8.39. The topological polar surface area (TPSA) is 23.8 Å². The Morgan fingerprint density at radius 3 is 2.65 bits per heavy atom. The highest BCUT2D eigenvalue weighted by Gasteiger charge is 2.22. The molecule has 0 heterocycles. The second-order valence-corrected chi connectivity index (χ2v) is 5.34. The van der Waals surface area contributed by atoms with Crippen LogP contribution in [0.5, 0.6) is 0 Å². The predicted octanol–water partition coefficient (Wildman–Crippen LogP) is 4.55. The Kier molecular flexibility index (Phi) is 4.97. The second kappa shape index (κ2) is 6.92. The second-order valence-electron chi connectivity index (χ2n) is 5.34. The highest BCUT2D eigenvalue weighted by molar-refractivity contribution is 5.41. The largest absolute Gasteiger partial charge is 0.206 e. The Hall–Kier alpha value is -2.06. The van der Waals surface area contributed by atoms with Crippen LogP contribution >= 0.6 is 0 Å². The zero-order valence-electron chi connectivity index (χ0n) is 11.5. The van der Waals surface area contributed by atoms with Crippen LogP contribution in [-0.4, -0.2) is 0 Å². The zero-order chi connectivity index (χ0) is 14.4. The number of nitriles is 1. The van der Waals surface area contributed by atoms with Gasteiger partial charge >= 0.3 is 0 Å². The summed E-state index contributed by atoms with van der Waals surface area (Å²) in [6, 6.07) is 6.92. The van der Waals surface area contributed by atoms with Gasteiger partial charge in [0.2, 0.25) is 0 Å². The van der Waals surface area contributed by atoms with Crippen molar-refractivity contribution in [3.05, 3.63) is 47.8 Å². The van der Waals surface area contributed by atoms with Crippen molar-refractivity contribution in [2.24, 2.45) is 5.92 Å². The van der Waals surface area contributed by atoms with E-state index in [2.05, 4.69) is 18.4 Å². The molecular formula is C18H18FN. The summed E-state index contributed by atoms with van der Waals surface area (Å²) in [7, 11) is 0. The highest BCUT2D eigenvalue weighted by Crippen LogP contribution is 2.37. The summed E-state index contributed by atoms with van der Waals surface area (Å²) < 4.78 is 13.9. The number of halogens is 1. The lowest BCUT2D eigenvalue weighted by Gasteiger charge is -2.28. The summed E-state index contributed by atoms with van der Waals surface area (Å²) in [4.78, 5) is 0. The minimum atomic E-state index is -0.321. The molecule has 0 amide bonds. The molecule has 0 spiro atoms. The molecular weight excluding hydrogens is 249 g/mol. The van der Waals surface area contributed by atoms with Crippen molar-refractivity contribution >= 4 is 0 Å². The molecule has 20 heavy (non-hydrogen) atoms. The Morgan fingerprint density at radius 1 is 1.30 bits per heavy atom. The fourth-order valence-corrected chi connectivity index (χ4v) is 2.95. The van der Waals surface area contributed by atoms with Crippen molar-refractivity contribution in [3.63, 3.8) is 0 Å². The minimum Gasteiger partial charge on any atom is -0.206 e. The molecule has 0 saturated heterocycles. The summed E-state index contributed by atoms with van der Waals surface area (Å²) in [6.07, 6.45) is 7.68. The number of allylic oxidation sites excluding steroid dienone is 1. The normalized spacial score (nSPS) is 21.4. The van der Waals surface area contributed by atoms with Gasteiger partial charge in [0.25, 0.3) is 0 Å². The van der Waals surface area contributed by atoms with Crippen LogP contribution in [0.25, 0.3) is 0 Å². The van der Waals surface area contributed by atoms with Crippen LogP contribution in [0, 0.1) is 34.9 Å².